The standard InChI is InChI=1S/C20H22N2O3/c1-4-14(3)22-17-10-9-15(20(23)24)11-16(17)21-19(22)12-25-18-8-6-5-7-13(18)2/h5-11,14H,4,12H2,1-3H3,(H,23,24). The summed E-state index contributed by atoms with van der Waals surface area (Å²) in [5, 5.41) is 9.20. The highest BCUT2D eigenvalue weighted by atomic mass is 16.5. The Hall–Kier alpha value is -2.82. The molecular weight excluding hydrogens is 316 g/mol. The first kappa shape index (κ1) is 17.0. The van der Waals surface area contributed by atoms with Crippen LogP contribution in [0.4, 0.5) is 0 Å². The second kappa shape index (κ2) is 6.97. The van der Waals surface area contributed by atoms with Gasteiger partial charge in [0.25, 0.3) is 0 Å². The van der Waals surface area contributed by atoms with Gasteiger partial charge in [-0.15, -0.1) is 0 Å². The Morgan fingerprint density at radius 3 is 2.72 bits per heavy atom. The van der Waals surface area contributed by atoms with E-state index in [2.05, 4.69) is 23.4 Å². The van der Waals surface area contributed by atoms with Gasteiger partial charge in [0.15, 0.2) is 0 Å². The Balaban J connectivity index is 2.00. The van der Waals surface area contributed by atoms with E-state index in [1.807, 2.05) is 37.3 Å². The molecule has 0 fully saturated rings. The molecule has 1 N–H and O–H groups in total. The van der Waals surface area contributed by atoms with E-state index in [0.717, 1.165) is 29.1 Å². The van der Waals surface area contributed by atoms with Crippen LogP contribution in [0.2, 0.25) is 0 Å². The molecule has 0 saturated carbocycles. The average molecular weight is 338 g/mol. The summed E-state index contributed by atoms with van der Waals surface area (Å²) in [6, 6.07) is 13.2. The van der Waals surface area contributed by atoms with E-state index < -0.39 is 5.97 Å². The lowest BCUT2D eigenvalue weighted by Gasteiger charge is -2.16. The lowest BCUT2D eigenvalue weighted by Crippen LogP contribution is -2.11. The molecule has 2 aromatic carbocycles. The average Bonchev–Trinajstić information content (AvgIpc) is 2.97. The van der Waals surface area contributed by atoms with Gasteiger partial charge < -0.3 is 14.4 Å². The third-order valence-corrected chi connectivity index (χ3v) is 4.49. The summed E-state index contributed by atoms with van der Waals surface area (Å²) >= 11 is 0. The summed E-state index contributed by atoms with van der Waals surface area (Å²) in [5.41, 5.74) is 2.93. The Bertz CT molecular complexity index is 914. The molecule has 3 aromatic rings. The number of para-hydroxylation sites is 1. The van der Waals surface area contributed by atoms with Gasteiger partial charge in [0, 0.05) is 6.04 Å². The Labute approximate surface area is 146 Å². The minimum absolute atomic E-state index is 0.243. The van der Waals surface area contributed by atoms with Crippen LogP contribution in [0.5, 0.6) is 5.75 Å². The lowest BCUT2D eigenvalue weighted by molar-refractivity contribution is 0.0697. The first-order chi connectivity index (χ1) is 12.0. The number of carboxylic acid groups (broad SMARTS) is 1. The Kier molecular flexibility index (Phi) is 4.74. The molecule has 0 aliphatic rings. The zero-order valence-electron chi connectivity index (χ0n) is 14.7. The van der Waals surface area contributed by atoms with Gasteiger partial charge in [-0.3, -0.25) is 0 Å². The van der Waals surface area contributed by atoms with Crippen LogP contribution in [0.15, 0.2) is 42.5 Å². The number of carboxylic acids is 1. The molecule has 130 valence electrons. The molecule has 0 radical (unpaired) electrons. The zero-order valence-corrected chi connectivity index (χ0v) is 14.7. The number of nitrogens with zero attached hydrogens (tertiary/aromatic N) is 2. The monoisotopic (exact) mass is 338 g/mol. The second-order valence-electron chi connectivity index (χ2n) is 6.22. The molecule has 1 aromatic heterocycles. The van der Waals surface area contributed by atoms with Crippen LogP contribution in [0.1, 0.15) is 48.1 Å². The molecule has 25 heavy (non-hydrogen) atoms. The maximum atomic E-state index is 11.2. The molecule has 1 unspecified atom stereocenters. The summed E-state index contributed by atoms with van der Waals surface area (Å²) < 4.78 is 8.10. The summed E-state index contributed by atoms with van der Waals surface area (Å²) in [6.07, 6.45) is 0.948. The van der Waals surface area contributed by atoms with Crippen molar-refractivity contribution in [3.63, 3.8) is 0 Å². The van der Waals surface area contributed by atoms with E-state index in [-0.39, 0.29) is 11.6 Å². The van der Waals surface area contributed by atoms with E-state index >= 15 is 0 Å². The number of fused-ring (bicyclic) bond motifs is 1. The summed E-state index contributed by atoms with van der Waals surface area (Å²) in [4.78, 5) is 15.9. The number of carbonyl (C=O) groups is 1. The number of aromatic nitrogens is 2. The van der Waals surface area contributed by atoms with Crippen molar-refractivity contribution in [2.45, 2.75) is 39.8 Å². The quantitative estimate of drug-likeness (QED) is 0.714. The van der Waals surface area contributed by atoms with E-state index in [0.29, 0.717) is 12.1 Å². The number of imidazole rings is 1. The van der Waals surface area contributed by atoms with Crippen molar-refractivity contribution >= 4 is 17.0 Å². The predicted octanol–water partition coefficient (Wildman–Crippen LogP) is 4.59. The molecule has 1 atom stereocenters. The highest BCUT2D eigenvalue weighted by Crippen LogP contribution is 2.26. The number of aryl methyl sites for hydroxylation is 1. The van der Waals surface area contributed by atoms with Crippen molar-refractivity contribution < 1.29 is 14.6 Å². The van der Waals surface area contributed by atoms with Crippen molar-refractivity contribution in [2.75, 3.05) is 0 Å². The number of hydrogen-bond acceptors (Lipinski definition) is 3. The van der Waals surface area contributed by atoms with Crippen molar-refractivity contribution in [2.24, 2.45) is 0 Å². The van der Waals surface area contributed by atoms with Crippen molar-refractivity contribution in [3.8, 4) is 5.75 Å². The number of benzene rings is 2. The van der Waals surface area contributed by atoms with Crippen molar-refractivity contribution in [3.05, 3.63) is 59.4 Å². The highest BCUT2D eigenvalue weighted by molar-refractivity contribution is 5.92. The van der Waals surface area contributed by atoms with E-state index in [1.165, 1.54) is 0 Å². The van der Waals surface area contributed by atoms with E-state index in [9.17, 15) is 9.90 Å². The second-order valence-corrected chi connectivity index (χ2v) is 6.22. The predicted molar refractivity (Wildman–Crippen MR) is 97.2 cm³/mol. The van der Waals surface area contributed by atoms with Gasteiger partial charge in [0.05, 0.1) is 16.6 Å². The van der Waals surface area contributed by atoms with Gasteiger partial charge in [0.2, 0.25) is 0 Å². The maximum Gasteiger partial charge on any atom is 0.335 e. The van der Waals surface area contributed by atoms with Gasteiger partial charge in [-0.1, -0.05) is 25.1 Å². The molecule has 0 amide bonds. The van der Waals surface area contributed by atoms with Gasteiger partial charge in [-0.25, -0.2) is 9.78 Å². The molecule has 5 nitrogen and oxygen atoms in total. The maximum absolute atomic E-state index is 11.2. The first-order valence-corrected chi connectivity index (χ1v) is 8.43. The van der Waals surface area contributed by atoms with Gasteiger partial charge >= 0.3 is 5.97 Å². The molecular formula is C20H22N2O3. The van der Waals surface area contributed by atoms with Crippen molar-refractivity contribution in [1.29, 1.82) is 0 Å². The van der Waals surface area contributed by atoms with Gasteiger partial charge in [-0.05, 0) is 50.1 Å². The lowest BCUT2D eigenvalue weighted by atomic mass is 10.2. The number of aromatic carboxylic acids is 1. The fraction of sp³-hybridized carbons (Fsp3) is 0.300. The number of ether oxygens (including phenoxy) is 1. The topological polar surface area (TPSA) is 64.4 Å². The van der Waals surface area contributed by atoms with Crippen LogP contribution in [0.3, 0.4) is 0 Å². The van der Waals surface area contributed by atoms with Crippen LogP contribution in [0, 0.1) is 6.92 Å². The molecule has 1 heterocycles. The van der Waals surface area contributed by atoms with Crippen LogP contribution < -0.4 is 4.74 Å². The Morgan fingerprint density at radius 1 is 1.28 bits per heavy atom. The molecule has 0 bridgehead atoms. The van der Waals surface area contributed by atoms with Crippen LogP contribution >= 0.6 is 0 Å². The number of hydrogen-bond donors (Lipinski definition) is 1. The zero-order chi connectivity index (χ0) is 18.0. The smallest absolute Gasteiger partial charge is 0.335 e. The molecule has 3 rings (SSSR count). The van der Waals surface area contributed by atoms with Crippen molar-refractivity contribution in [1.82, 2.24) is 9.55 Å². The SMILES string of the molecule is CCC(C)n1c(COc2ccccc2C)nc2cc(C(=O)O)ccc21. The largest absolute Gasteiger partial charge is 0.485 e. The summed E-state index contributed by atoms with van der Waals surface area (Å²) in [5.74, 6) is 0.685. The molecule has 0 aliphatic carbocycles. The Morgan fingerprint density at radius 2 is 2.04 bits per heavy atom. The summed E-state index contributed by atoms with van der Waals surface area (Å²) in [7, 11) is 0. The minimum atomic E-state index is -0.947. The van der Waals surface area contributed by atoms with Crippen LogP contribution in [-0.2, 0) is 6.61 Å². The van der Waals surface area contributed by atoms with E-state index in [4.69, 9.17) is 4.74 Å². The van der Waals surface area contributed by atoms with Crippen LogP contribution in [0.25, 0.3) is 11.0 Å². The molecule has 0 aliphatic heterocycles. The molecule has 0 spiro atoms. The molecule has 0 saturated heterocycles. The summed E-state index contributed by atoms with van der Waals surface area (Å²) in [6.45, 7) is 6.59. The fourth-order valence-corrected chi connectivity index (χ4v) is 2.92. The number of rotatable bonds is 6. The van der Waals surface area contributed by atoms with Crippen LogP contribution in [-0.4, -0.2) is 20.6 Å². The molecule has 5 heteroatoms. The normalized spacial score (nSPS) is 12.3. The first-order valence-electron chi connectivity index (χ1n) is 8.43. The highest BCUT2D eigenvalue weighted by Gasteiger charge is 2.17. The minimum Gasteiger partial charge on any atom is -0.485 e. The third kappa shape index (κ3) is 3.36. The van der Waals surface area contributed by atoms with E-state index in [1.54, 1.807) is 12.1 Å². The van der Waals surface area contributed by atoms with Gasteiger partial charge in [0.1, 0.15) is 18.2 Å². The third-order valence-electron chi connectivity index (χ3n) is 4.49. The fourth-order valence-electron chi connectivity index (χ4n) is 2.92. The van der Waals surface area contributed by atoms with Gasteiger partial charge in [-0.2, -0.15) is 0 Å².